The lowest BCUT2D eigenvalue weighted by atomic mass is 10.0. The highest BCUT2D eigenvalue weighted by Gasteiger charge is 2.17. The Morgan fingerprint density at radius 2 is 1.73 bits per heavy atom. The zero-order valence-corrected chi connectivity index (χ0v) is 20.3. The fraction of sp³-hybridized carbons (Fsp3) is 0.107. The summed E-state index contributed by atoms with van der Waals surface area (Å²) >= 11 is 0. The van der Waals surface area contributed by atoms with Crippen LogP contribution in [-0.4, -0.2) is 35.4 Å². The summed E-state index contributed by atoms with van der Waals surface area (Å²) in [5.41, 5.74) is 3.53. The molecule has 3 aromatic carbocycles. The number of H-pyrrole nitrogens is 1. The van der Waals surface area contributed by atoms with Gasteiger partial charge in [0.15, 0.2) is 5.65 Å². The van der Waals surface area contributed by atoms with Crippen molar-refractivity contribution >= 4 is 33.5 Å². The number of nitrogens with zero attached hydrogens (tertiary/aromatic N) is 5. The van der Waals surface area contributed by atoms with Crippen LogP contribution in [0.2, 0.25) is 0 Å². The predicted octanol–water partition coefficient (Wildman–Crippen LogP) is 4.25. The molecule has 9 heteroatoms. The molecular formula is C28H23N7O2. The molecule has 0 bridgehead atoms. The fourth-order valence-electron chi connectivity index (χ4n) is 4.44. The lowest BCUT2D eigenvalue weighted by Gasteiger charge is -2.10. The second kappa shape index (κ2) is 8.87. The number of aryl methyl sites for hydroxylation is 2. The Balaban J connectivity index is 1.35. The summed E-state index contributed by atoms with van der Waals surface area (Å²) in [6.45, 7) is 3.81. The quantitative estimate of drug-likeness (QED) is 0.376. The van der Waals surface area contributed by atoms with E-state index >= 15 is 0 Å². The summed E-state index contributed by atoms with van der Waals surface area (Å²) in [7, 11) is 0. The molecular weight excluding hydrogens is 466 g/mol. The highest BCUT2D eigenvalue weighted by atomic mass is 16.1. The molecule has 182 valence electrons. The first-order chi connectivity index (χ1) is 18.0. The molecule has 0 aliphatic carbocycles. The maximum Gasteiger partial charge on any atom is 0.263 e. The van der Waals surface area contributed by atoms with Gasteiger partial charge in [-0.25, -0.2) is 4.68 Å². The maximum atomic E-state index is 13.1. The van der Waals surface area contributed by atoms with Gasteiger partial charge in [0.1, 0.15) is 11.2 Å². The number of rotatable bonds is 5. The molecule has 0 aliphatic rings. The molecule has 0 atom stereocenters. The van der Waals surface area contributed by atoms with Gasteiger partial charge >= 0.3 is 0 Å². The van der Waals surface area contributed by atoms with Crippen LogP contribution in [0, 0.1) is 13.8 Å². The molecule has 6 aromatic rings. The number of hydrogen-bond donors (Lipinski definition) is 2. The van der Waals surface area contributed by atoms with Crippen LogP contribution in [-0.2, 0) is 11.2 Å². The number of anilines is 1. The van der Waals surface area contributed by atoms with Crippen LogP contribution >= 0.6 is 0 Å². The van der Waals surface area contributed by atoms with Gasteiger partial charge in [0, 0.05) is 6.07 Å². The molecule has 2 N–H and O–H groups in total. The smallest absolute Gasteiger partial charge is 0.263 e. The van der Waals surface area contributed by atoms with Gasteiger partial charge in [-0.05, 0) is 42.3 Å². The van der Waals surface area contributed by atoms with E-state index in [-0.39, 0.29) is 23.8 Å². The monoisotopic (exact) mass is 489 g/mol. The van der Waals surface area contributed by atoms with Crippen molar-refractivity contribution in [2.75, 3.05) is 5.32 Å². The number of carbonyl (C=O) groups is 1. The molecule has 0 spiro atoms. The minimum Gasteiger partial charge on any atom is -0.310 e. The predicted molar refractivity (Wildman–Crippen MR) is 142 cm³/mol. The number of hydrogen-bond acceptors (Lipinski definition) is 5. The van der Waals surface area contributed by atoms with Crippen LogP contribution in [0.4, 0.5) is 5.82 Å². The lowest BCUT2D eigenvalue weighted by Crippen LogP contribution is -2.20. The second-order valence-electron chi connectivity index (χ2n) is 8.96. The molecule has 0 aliphatic heterocycles. The Hall–Kier alpha value is -5.05. The molecule has 0 radical (unpaired) electrons. The van der Waals surface area contributed by atoms with Crippen LogP contribution in [0.5, 0.6) is 0 Å². The molecule has 37 heavy (non-hydrogen) atoms. The molecule has 3 aromatic heterocycles. The van der Waals surface area contributed by atoms with Crippen LogP contribution in [0.25, 0.3) is 33.4 Å². The van der Waals surface area contributed by atoms with Crippen molar-refractivity contribution in [3.05, 3.63) is 106 Å². The number of benzene rings is 3. The van der Waals surface area contributed by atoms with E-state index in [1.807, 2.05) is 80.6 Å². The van der Waals surface area contributed by atoms with E-state index < -0.39 is 0 Å². The first-order valence-corrected chi connectivity index (χ1v) is 11.8. The number of aromatic nitrogens is 6. The average Bonchev–Trinajstić information content (AvgIpc) is 3.48. The third kappa shape index (κ3) is 4.16. The van der Waals surface area contributed by atoms with Gasteiger partial charge in [-0.1, -0.05) is 60.2 Å². The number of carbonyl (C=O) groups excluding carboxylic acids is 1. The first-order valence-electron chi connectivity index (χ1n) is 11.8. The molecule has 0 saturated heterocycles. The second-order valence-corrected chi connectivity index (χ2v) is 8.96. The lowest BCUT2D eigenvalue weighted by molar-refractivity contribution is -0.115. The van der Waals surface area contributed by atoms with Crippen molar-refractivity contribution in [3.8, 4) is 11.6 Å². The van der Waals surface area contributed by atoms with Crippen molar-refractivity contribution in [1.82, 2.24) is 29.5 Å². The molecule has 0 saturated carbocycles. The van der Waals surface area contributed by atoms with E-state index in [4.69, 9.17) is 0 Å². The standard InChI is InChI=1S/C28H23N7O2/c1-17-10-12-21(13-11-17)34-26-23(16-29-34)27(37)32-28(31-26)35-24(14-18(2)33-35)30-25(36)15-20-8-5-7-19-6-3-4-9-22(19)20/h3-14,16H,15H2,1-2H3,(H,30,36)(H,31,32,37). The highest BCUT2D eigenvalue weighted by molar-refractivity contribution is 5.96. The highest BCUT2D eigenvalue weighted by Crippen LogP contribution is 2.21. The van der Waals surface area contributed by atoms with Crippen LogP contribution in [0.1, 0.15) is 16.8 Å². The Kier molecular flexibility index (Phi) is 5.37. The van der Waals surface area contributed by atoms with Crippen LogP contribution in [0.15, 0.2) is 83.8 Å². The largest absolute Gasteiger partial charge is 0.310 e. The fourth-order valence-corrected chi connectivity index (χ4v) is 4.44. The van der Waals surface area contributed by atoms with Gasteiger partial charge in [0.25, 0.3) is 5.56 Å². The Labute approximate surface area is 211 Å². The van der Waals surface area contributed by atoms with E-state index in [0.29, 0.717) is 22.5 Å². The molecule has 9 nitrogen and oxygen atoms in total. The molecule has 0 fully saturated rings. The third-order valence-electron chi connectivity index (χ3n) is 6.23. The summed E-state index contributed by atoms with van der Waals surface area (Å²) in [6, 6.07) is 23.4. The van der Waals surface area contributed by atoms with E-state index in [2.05, 4.69) is 25.5 Å². The zero-order valence-electron chi connectivity index (χ0n) is 20.3. The summed E-state index contributed by atoms with van der Waals surface area (Å²) in [5.74, 6) is 0.386. The van der Waals surface area contributed by atoms with Gasteiger partial charge in [-0.15, -0.1) is 0 Å². The van der Waals surface area contributed by atoms with E-state index in [1.165, 1.54) is 10.9 Å². The van der Waals surface area contributed by atoms with Crippen molar-refractivity contribution < 1.29 is 4.79 Å². The van der Waals surface area contributed by atoms with Crippen LogP contribution < -0.4 is 10.9 Å². The Bertz CT molecular complexity index is 1840. The number of amides is 1. The summed E-state index contributed by atoms with van der Waals surface area (Å²) in [4.78, 5) is 33.4. The average molecular weight is 490 g/mol. The number of fused-ring (bicyclic) bond motifs is 2. The SMILES string of the molecule is Cc1ccc(-n2ncc3c(=O)[nH]c(-n4nc(C)cc4NC(=O)Cc4cccc5ccccc45)nc32)cc1. The van der Waals surface area contributed by atoms with Gasteiger partial charge in [-0.3, -0.25) is 14.6 Å². The van der Waals surface area contributed by atoms with Crippen molar-refractivity contribution in [1.29, 1.82) is 0 Å². The maximum absolute atomic E-state index is 13.1. The number of aromatic amines is 1. The van der Waals surface area contributed by atoms with Crippen molar-refractivity contribution in [2.45, 2.75) is 20.3 Å². The van der Waals surface area contributed by atoms with Gasteiger partial charge in [0.2, 0.25) is 11.9 Å². The molecule has 6 rings (SSSR count). The number of nitrogens with one attached hydrogen (secondary N) is 2. The zero-order chi connectivity index (χ0) is 25.5. The Morgan fingerprint density at radius 1 is 0.946 bits per heavy atom. The van der Waals surface area contributed by atoms with Gasteiger partial charge in [-0.2, -0.15) is 19.9 Å². The summed E-state index contributed by atoms with van der Waals surface area (Å²) < 4.78 is 3.05. The van der Waals surface area contributed by atoms with Gasteiger partial charge < -0.3 is 5.32 Å². The molecule has 1 amide bonds. The van der Waals surface area contributed by atoms with Crippen molar-refractivity contribution in [3.63, 3.8) is 0 Å². The minimum absolute atomic E-state index is 0.180. The molecule has 3 heterocycles. The Morgan fingerprint density at radius 3 is 2.57 bits per heavy atom. The van der Waals surface area contributed by atoms with E-state index in [0.717, 1.165) is 27.6 Å². The topological polar surface area (TPSA) is 110 Å². The minimum atomic E-state index is -0.348. The summed E-state index contributed by atoms with van der Waals surface area (Å²) in [6.07, 6.45) is 1.68. The van der Waals surface area contributed by atoms with Gasteiger partial charge in [0.05, 0.1) is 24.0 Å². The third-order valence-corrected chi connectivity index (χ3v) is 6.23. The van der Waals surface area contributed by atoms with Crippen molar-refractivity contribution in [2.24, 2.45) is 0 Å². The normalized spacial score (nSPS) is 11.3. The van der Waals surface area contributed by atoms with E-state index in [1.54, 1.807) is 10.7 Å². The molecule has 0 unspecified atom stereocenters. The summed E-state index contributed by atoms with van der Waals surface area (Å²) in [5, 5.41) is 14.3. The van der Waals surface area contributed by atoms with E-state index in [9.17, 15) is 9.59 Å². The van der Waals surface area contributed by atoms with Crippen LogP contribution in [0.3, 0.4) is 0 Å². The first kappa shape index (κ1) is 22.4.